The second-order valence-electron chi connectivity index (χ2n) is 15.3. The number of anilines is 3. The van der Waals surface area contributed by atoms with Crippen LogP contribution in [-0.2, 0) is 0 Å². The molecule has 0 unspecified atom stereocenters. The number of nitrogens with zero attached hydrogens (tertiary/aromatic N) is 2. The van der Waals surface area contributed by atoms with Crippen LogP contribution in [0.1, 0.15) is 0 Å². The van der Waals surface area contributed by atoms with E-state index in [1.54, 1.807) is 0 Å². The monoisotopic (exact) mass is 764 g/mol. The SMILES string of the molecule is c1ccc(-c2ccccc2-c2cccc(-n3c4ccccc4c4ccc(N(c5ccc(-c6ccc7ccccc7c6)cc5)c5ccccc5-c5ccccc5)cc43)c2)cc1. The molecule has 1 aromatic heterocycles. The standard InChI is InChI=1S/C58H40N2/c1-3-17-43(18-4-1)51-24-9-10-25-52(51)47-22-15-23-49(39-47)60-57-29-14-12-27-54(57)55-37-36-50(40-58(55)60)59(56-28-13-11-26-53(56)44-19-5-2-6-20-44)48-34-32-42(33-35-48)46-31-30-41-16-7-8-21-45(41)38-46/h1-40H. The molecule has 0 fully saturated rings. The van der Waals surface area contributed by atoms with E-state index in [9.17, 15) is 0 Å². The van der Waals surface area contributed by atoms with Crippen molar-refractivity contribution in [1.82, 2.24) is 4.57 Å². The van der Waals surface area contributed by atoms with Crippen molar-refractivity contribution in [3.63, 3.8) is 0 Å². The van der Waals surface area contributed by atoms with Gasteiger partial charge in [0.05, 0.1) is 16.7 Å². The van der Waals surface area contributed by atoms with Crippen molar-refractivity contribution in [2.45, 2.75) is 0 Å². The second-order valence-corrected chi connectivity index (χ2v) is 15.3. The molecule has 0 amide bonds. The van der Waals surface area contributed by atoms with Gasteiger partial charge in [-0.1, -0.05) is 188 Å². The largest absolute Gasteiger partial charge is 0.310 e. The maximum atomic E-state index is 2.44. The Labute approximate surface area is 350 Å². The summed E-state index contributed by atoms with van der Waals surface area (Å²) >= 11 is 0. The number of fused-ring (bicyclic) bond motifs is 4. The van der Waals surface area contributed by atoms with Crippen molar-refractivity contribution >= 4 is 49.6 Å². The summed E-state index contributed by atoms with van der Waals surface area (Å²) in [6.07, 6.45) is 0. The van der Waals surface area contributed by atoms with Crippen LogP contribution in [0.15, 0.2) is 243 Å². The highest BCUT2D eigenvalue weighted by Crippen LogP contribution is 2.44. The third-order valence-electron chi connectivity index (χ3n) is 11.8. The van der Waals surface area contributed by atoms with E-state index in [2.05, 4.69) is 252 Å². The molecule has 0 aliphatic carbocycles. The first-order valence-electron chi connectivity index (χ1n) is 20.6. The summed E-state index contributed by atoms with van der Waals surface area (Å²) in [5.41, 5.74) is 16.3. The van der Waals surface area contributed by atoms with E-state index >= 15 is 0 Å². The Morgan fingerprint density at radius 3 is 1.63 bits per heavy atom. The maximum Gasteiger partial charge on any atom is 0.0561 e. The zero-order chi connectivity index (χ0) is 39.8. The molecule has 0 saturated carbocycles. The molecular weight excluding hydrogens is 725 g/mol. The molecule has 0 atom stereocenters. The molecule has 1 heterocycles. The van der Waals surface area contributed by atoms with Crippen LogP contribution < -0.4 is 4.90 Å². The number of para-hydroxylation sites is 2. The van der Waals surface area contributed by atoms with Gasteiger partial charge in [-0.15, -0.1) is 0 Å². The van der Waals surface area contributed by atoms with Gasteiger partial charge in [-0.2, -0.15) is 0 Å². The van der Waals surface area contributed by atoms with Crippen LogP contribution in [0.2, 0.25) is 0 Å². The van der Waals surface area contributed by atoms with Crippen LogP contribution in [0.5, 0.6) is 0 Å². The smallest absolute Gasteiger partial charge is 0.0561 e. The Bertz CT molecular complexity index is 3310. The molecule has 60 heavy (non-hydrogen) atoms. The Balaban J connectivity index is 1.09. The third kappa shape index (κ3) is 6.32. The minimum atomic E-state index is 1.08. The highest BCUT2D eigenvalue weighted by Gasteiger charge is 2.20. The normalized spacial score (nSPS) is 11.3. The highest BCUT2D eigenvalue weighted by atomic mass is 15.1. The molecule has 0 spiro atoms. The Morgan fingerprint density at radius 2 is 0.850 bits per heavy atom. The van der Waals surface area contributed by atoms with E-state index in [-0.39, 0.29) is 0 Å². The summed E-state index contributed by atoms with van der Waals surface area (Å²) in [7, 11) is 0. The van der Waals surface area contributed by atoms with Crippen LogP contribution in [0.4, 0.5) is 17.1 Å². The van der Waals surface area contributed by atoms with Crippen LogP contribution in [0, 0.1) is 0 Å². The summed E-state index contributed by atoms with van der Waals surface area (Å²) < 4.78 is 2.44. The lowest BCUT2D eigenvalue weighted by Crippen LogP contribution is -2.11. The van der Waals surface area contributed by atoms with Crippen molar-refractivity contribution in [1.29, 1.82) is 0 Å². The zero-order valence-corrected chi connectivity index (χ0v) is 33.0. The molecular formula is C58H40N2. The predicted octanol–water partition coefficient (Wildman–Crippen LogP) is 16.1. The quantitative estimate of drug-likeness (QED) is 0.150. The number of hydrogen-bond donors (Lipinski definition) is 0. The first-order chi connectivity index (χ1) is 29.8. The molecule has 0 radical (unpaired) electrons. The van der Waals surface area contributed by atoms with E-state index in [0.29, 0.717) is 0 Å². The van der Waals surface area contributed by atoms with E-state index in [4.69, 9.17) is 0 Å². The summed E-state index contributed by atoms with van der Waals surface area (Å²) in [6, 6.07) is 87.9. The number of benzene rings is 10. The number of aromatic nitrogens is 1. The van der Waals surface area contributed by atoms with E-state index in [1.807, 2.05) is 0 Å². The predicted molar refractivity (Wildman–Crippen MR) is 255 cm³/mol. The van der Waals surface area contributed by atoms with Crippen molar-refractivity contribution in [2.75, 3.05) is 4.90 Å². The Kier molecular flexibility index (Phi) is 8.87. The molecule has 2 nitrogen and oxygen atoms in total. The van der Waals surface area contributed by atoms with Gasteiger partial charge in [-0.25, -0.2) is 0 Å². The lowest BCUT2D eigenvalue weighted by atomic mass is 9.94. The fraction of sp³-hybridized carbons (Fsp3) is 0. The van der Waals surface area contributed by atoms with Gasteiger partial charge in [0.1, 0.15) is 0 Å². The topological polar surface area (TPSA) is 8.17 Å². The van der Waals surface area contributed by atoms with Gasteiger partial charge in [0, 0.05) is 33.4 Å². The number of hydrogen-bond acceptors (Lipinski definition) is 1. The van der Waals surface area contributed by atoms with Gasteiger partial charge in [-0.05, 0) is 104 Å². The fourth-order valence-electron chi connectivity index (χ4n) is 8.92. The molecule has 0 saturated heterocycles. The molecule has 0 aliphatic heterocycles. The van der Waals surface area contributed by atoms with E-state index < -0.39 is 0 Å². The molecule has 11 aromatic rings. The van der Waals surface area contributed by atoms with Crippen LogP contribution in [-0.4, -0.2) is 4.57 Å². The lowest BCUT2D eigenvalue weighted by Gasteiger charge is -2.28. The molecule has 2 heteroatoms. The zero-order valence-electron chi connectivity index (χ0n) is 33.0. The molecule has 282 valence electrons. The molecule has 0 aliphatic rings. The summed E-state index contributed by atoms with van der Waals surface area (Å²) in [6.45, 7) is 0. The van der Waals surface area contributed by atoms with Crippen molar-refractivity contribution < 1.29 is 0 Å². The average Bonchev–Trinajstić information content (AvgIpc) is 3.66. The van der Waals surface area contributed by atoms with Gasteiger partial charge < -0.3 is 9.47 Å². The highest BCUT2D eigenvalue weighted by molar-refractivity contribution is 6.10. The van der Waals surface area contributed by atoms with Crippen molar-refractivity contribution in [3.05, 3.63) is 243 Å². The van der Waals surface area contributed by atoms with Crippen LogP contribution >= 0.6 is 0 Å². The van der Waals surface area contributed by atoms with Crippen LogP contribution in [0.25, 0.3) is 82.8 Å². The minimum Gasteiger partial charge on any atom is -0.310 e. The maximum absolute atomic E-state index is 2.44. The van der Waals surface area contributed by atoms with Crippen molar-refractivity contribution in [2.24, 2.45) is 0 Å². The Hall–Kier alpha value is -7.94. The van der Waals surface area contributed by atoms with E-state index in [0.717, 1.165) is 28.3 Å². The fourth-order valence-corrected chi connectivity index (χ4v) is 8.92. The third-order valence-corrected chi connectivity index (χ3v) is 11.8. The van der Waals surface area contributed by atoms with Gasteiger partial charge in [0.15, 0.2) is 0 Å². The summed E-state index contributed by atoms with van der Waals surface area (Å²) in [5.74, 6) is 0. The van der Waals surface area contributed by atoms with Gasteiger partial charge >= 0.3 is 0 Å². The average molecular weight is 765 g/mol. The second kappa shape index (κ2) is 15.1. The Morgan fingerprint density at radius 1 is 0.283 bits per heavy atom. The van der Waals surface area contributed by atoms with Gasteiger partial charge in [0.2, 0.25) is 0 Å². The minimum absolute atomic E-state index is 1.08. The summed E-state index contributed by atoms with van der Waals surface area (Å²) in [5, 5.41) is 4.93. The molecule has 10 aromatic carbocycles. The first-order valence-corrected chi connectivity index (χ1v) is 20.6. The molecule has 11 rings (SSSR count). The van der Waals surface area contributed by atoms with Gasteiger partial charge in [-0.3, -0.25) is 0 Å². The molecule has 0 N–H and O–H groups in total. The van der Waals surface area contributed by atoms with Crippen molar-refractivity contribution in [3.8, 4) is 50.2 Å². The molecule has 0 bridgehead atoms. The van der Waals surface area contributed by atoms with E-state index in [1.165, 1.54) is 71.6 Å². The van der Waals surface area contributed by atoms with Crippen LogP contribution in [0.3, 0.4) is 0 Å². The summed E-state index contributed by atoms with van der Waals surface area (Å²) in [4.78, 5) is 2.42. The number of rotatable bonds is 8. The first kappa shape index (κ1) is 35.2. The van der Waals surface area contributed by atoms with Gasteiger partial charge in [0.25, 0.3) is 0 Å². The lowest BCUT2D eigenvalue weighted by molar-refractivity contribution is 1.18.